The van der Waals surface area contributed by atoms with E-state index in [0.717, 1.165) is 44.7 Å². The van der Waals surface area contributed by atoms with Crippen molar-refractivity contribution in [3.8, 4) is 33.4 Å². The smallest absolute Gasteiger partial charge is 0.134 e. The Hall–Kier alpha value is -8.46. The molecule has 0 unspecified atom stereocenters. The van der Waals surface area contributed by atoms with E-state index < -0.39 is 10.8 Å². The molecule has 2 aliphatic rings. The summed E-state index contributed by atoms with van der Waals surface area (Å²) in [7, 11) is 0. The molecule has 67 heavy (non-hydrogen) atoms. The maximum Gasteiger partial charge on any atom is 0.134 e. The van der Waals surface area contributed by atoms with Crippen LogP contribution in [0.1, 0.15) is 50.1 Å². The van der Waals surface area contributed by atoms with Crippen LogP contribution in [0.25, 0.3) is 44.3 Å². The normalized spacial score (nSPS) is 13.7. The minimum absolute atomic E-state index is 0.554. The molecule has 0 saturated carbocycles. The molecular formula is C65H45NO. The summed E-state index contributed by atoms with van der Waals surface area (Å²) >= 11 is 0. The predicted octanol–water partition coefficient (Wildman–Crippen LogP) is 16.6. The van der Waals surface area contributed by atoms with Crippen molar-refractivity contribution in [1.82, 2.24) is 0 Å². The van der Waals surface area contributed by atoms with Crippen molar-refractivity contribution >= 4 is 28.0 Å². The number of benzene rings is 10. The number of rotatable bonds is 8. The zero-order valence-corrected chi connectivity index (χ0v) is 37.1. The van der Waals surface area contributed by atoms with E-state index in [1.54, 1.807) is 6.26 Å². The Bertz CT molecular complexity index is 3380. The van der Waals surface area contributed by atoms with Gasteiger partial charge in [0.05, 0.1) is 17.1 Å². The third kappa shape index (κ3) is 5.76. The second kappa shape index (κ2) is 15.3. The van der Waals surface area contributed by atoms with Crippen LogP contribution in [0.5, 0.6) is 0 Å². The molecule has 0 fully saturated rings. The largest absolute Gasteiger partial charge is 0.464 e. The van der Waals surface area contributed by atoms with Gasteiger partial charge in [-0.2, -0.15) is 0 Å². The molecule has 10 aromatic carbocycles. The van der Waals surface area contributed by atoms with Crippen LogP contribution < -0.4 is 4.90 Å². The van der Waals surface area contributed by atoms with E-state index >= 15 is 0 Å². The van der Waals surface area contributed by atoms with Gasteiger partial charge in [-0.25, -0.2) is 0 Å². The molecule has 0 atom stereocenters. The Kier molecular flexibility index (Phi) is 8.91. The Morgan fingerprint density at radius 2 is 0.761 bits per heavy atom. The molecule has 0 spiro atoms. The van der Waals surface area contributed by atoms with Crippen molar-refractivity contribution in [2.45, 2.75) is 17.8 Å². The second-order valence-electron chi connectivity index (χ2n) is 18.0. The fourth-order valence-electron chi connectivity index (χ4n) is 11.9. The third-order valence-corrected chi connectivity index (χ3v) is 14.5. The lowest BCUT2D eigenvalue weighted by atomic mass is 9.67. The molecule has 2 heteroatoms. The SMILES string of the molecule is Cc1cc(-c2cccc(N(c3ccc4c(c3)C(c3ccccc3)(c3ccccc3)c3ccccc3-4)c3ccc4c(c3)C(c3ccccc3)(c3ccccc3)c3ccccc3-4)c2)c2ccoc2c1. The quantitative estimate of drug-likeness (QED) is 0.151. The average molecular weight is 856 g/mol. The van der Waals surface area contributed by atoms with Crippen LogP contribution in [-0.4, -0.2) is 0 Å². The summed E-state index contributed by atoms with van der Waals surface area (Å²) in [6.45, 7) is 2.14. The van der Waals surface area contributed by atoms with Crippen LogP contribution in [0.3, 0.4) is 0 Å². The molecule has 13 rings (SSSR count). The van der Waals surface area contributed by atoms with Gasteiger partial charge in [-0.05, 0) is 139 Å². The minimum Gasteiger partial charge on any atom is -0.464 e. The molecule has 0 amide bonds. The van der Waals surface area contributed by atoms with Crippen LogP contribution >= 0.6 is 0 Å². The summed E-state index contributed by atoms with van der Waals surface area (Å²) in [5.74, 6) is 0. The van der Waals surface area contributed by atoms with Gasteiger partial charge in [0.1, 0.15) is 5.58 Å². The van der Waals surface area contributed by atoms with Crippen LogP contribution in [0.15, 0.2) is 259 Å². The van der Waals surface area contributed by atoms with Gasteiger partial charge in [0.15, 0.2) is 0 Å². The lowest BCUT2D eigenvalue weighted by Crippen LogP contribution is -2.29. The lowest BCUT2D eigenvalue weighted by molar-refractivity contribution is 0.615. The molecule has 316 valence electrons. The van der Waals surface area contributed by atoms with Crippen molar-refractivity contribution in [1.29, 1.82) is 0 Å². The van der Waals surface area contributed by atoms with Crippen molar-refractivity contribution in [2.75, 3.05) is 4.90 Å². The highest BCUT2D eigenvalue weighted by Gasteiger charge is 2.48. The zero-order valence-electron chi connectivity index (χ0n) is 37.1. The van der Waals surface area contributed by atoms with Crippen LogP contribution in [0.2, 0.25) is 0 Å². The Morgan fingerprint density at radius 1 is 0.328 bits per heavy atom. The molecule has 0 aliphatic heterocycles. The maximum absolute atomic E-state index is 5.99. The fourth-order valence-corrected chi connectivity index (χ4v) is 11.9. The summed E-state index contributed by atoms with van der Waals surface area (Å²) in [5.41, 5.74) is 21.6. The van der Waals surface area contributed by atoms with Gasteiger partial charge in [0.2, 0.25) is 0 Å². The van der Waals surface area contributed by atoms with Gasteiger partial charge in [0.25, 0.3) is 0 Å². The molecule has 1 heterocycles. The zero-order chi connectivity index (χ0) is 44.5. The van der Waals surface area contributed by atoms with E-state index in [1.165, 1.54) is 66.8 Å². The molecule has 1 aromatic heterocycles. The average Bonchev–Trinajstić information content (AvgIpc) is 4.07. The van der Waals surface area contributed by atoms with E-state index in [4.69, 9.17) is 4.42 Å². The second-order valence-corrected chi connectivity index (χ2v) is 18.0. The van der Waals surface area contributed by atoms with E-state index in [0.29, 0.717) is 0 Å². The highest BCUT2D eigenvalue weighted by molar-refractivity contribution is 5.97. The van der Waals surface area contributed by atoms with Gasteiger partial charge in [0, 0.05) is 22.4 Å². The molecular weight excluding hydrogens is 811 g/mol. The molecule has 11 aromatic rings. The minimum atomic E-state index is -0.554. The summed E-state index contributed by atoms with van der Waals surface area (Å²) in [6, 6.07) is 92.2. The maximum atomic E-state index is 5.99. The first-order valence-electron chi connectivity index (χ1n) is 23.2. The van der Waals surface area contributed by atoms with E-state index in [2.05, 4.69) is 261 Å². The van der Waals surface area contributed by atoms with Crippen LogP contribution in [0, 0.1) is 6.92 Å². The van der Waals surface area contributed by atoms with E-state index in [9.17, 15) is 0 Å². The third-order valence-electron chi connectivity index (χ3n) is 14.5. The number of aryl methyl sites for hydroxylation is 1. The topological polar surface area (TPSA) is 16.4 Å². The molecule has 0 saturated heterocycles. The highest BCUT2D eigenvalue weighted by atomic mass is 16.3. The molecule has 0 bridgehead atoms. The predicted molar refractivity (Wildman–Crippen MR) is 276 cm³/mol. The van der Waals surface area contributed by atoms with Gasteiger partial charge in [-0.15, -0.1) is 0 Å². The summed E-state index contributed by atoms with van der Waals surface area (Å²) in [6.07, 6.45) is 1.80. The lowest BCUT2D eigenvalue weighted by Gasteiger charge is -2.36. The van der Waals surface area contributed by atoms with Gasteiger partial charge in [-0.3, -0.25) is 0 Å². The van der Waals surface area contributed by atoms with Gasteiger partial charge < -0.3 is 9.32 Å². The first kappa shape index (κ1) is 39.0. The van der Waals surface area contributed by atoms with Crippen molar-refractivity contribution in [2.24, 2.45) is 0 Å². The Balaban J connectivity index is 1.10. The molecule has 0 N–H and O–H groups in total. The van der Waals surface area contributed by atoms with Crippen LogP contribution in [-0.2, 0) is 10.8 Å². The number of hydrogen-bond donors (Lipinski definition) is 0. The molecule has 0 radical (unpaired) electrons. The van der Waals surface area contributed by atoms with E-state index in [-0.39, 0.29) is 0 Å². The van der Waals surface area contributed by atoms with Gasteiger partial charge >= 0.3 is 0 Å². The standard InChI is InChI=1S/C65H45NO/c1-44-39-58(57-37-38-67-63(57)40-44)45-19-18-28-50(41-45)66(51-33-35-55-53-29-14-16-31-59(53)64(61(55)42-51,46-20-6-2-7-21-46)47-22-8-3-9-23-47)52-34-36-56-54-30-15-17-32-60(54)65(62(56)43-52,48-24-10-4-11-25-48)49-26-12-5-13-27-49/h2-43H,1H3. The van der Waals surface area contributed by atoms with Crippen molar-refractivity contribution in [3.05, 3.63) is 305 Å². The number of anilines is 3. The number of furan rings is 1. The number of nitrogens with zero attached hydrogens (tertiary/aromatic N) is 1. The monoisotopic (exact) mass is 855 g/mol. The highest BCUT2D eigenvalue weighted by Crippen LogP contribution is 2.59. The Labute approximate surface area is 391 Å². The summed E-state index contributed by atoms with van der Waals surface area (Å²) in [5, 5.41) is 1.10. The Morgan fingerprint density at radius 3 is 1.25 bits per heavy atom. The van der Waals surface area contributed by atoms with E-state index in [1.807, 2.05) is 0 Å². The van der Waals surface area contributed by atoms with Crippen LogP contribution in [0.4, 0.5) is 17.1 Å². The molecule has 2 aliphatic carbocycles. The summed E-state index contributed by atoms with van der Waals surface area (Å²) < 4.78 is 5.99. The number of hydrogen-bond acceptors (Lipinski definition) is 2. The fraction of sp³-hybridized carbons (Fsp3) is 0.0462. The number of fused-ring (bicyclic) bond motifs is 7. The molecule has 2 nitrogen and oxygen atoms in total. The first-order valence-corrected chi connectivity index (χ1v) is 23.2. The summed E-state index contributed by atoms with van der Waals surface area (Å²) in [4.78, 5) is 2.49. The van der Waals surface area contributed by atoms with Crippen molar-refractivity contribution in [3.63, 3.8) is 0 Å². The van der Waals surface area contributed by atoms with Gasteiger partial charge in [-0.1, -0.05) is 200 Å². The first-order chi connectivity index (χ1) is 33.1. The van der Waals surface area contributed by atoms with Crippen molar-refractivity contribution < 1.29 is 4.42 Å².